The first-order chi connectivity index (χ1) is 8.83. The summed E-state index contributed by atoms with van der Waals surface area (Å²) in [7, 11) is 0. The lowest BCUT2D eigenvalue weighted by Crippen LogP contribution is -2.44. The van der Waals surface area contributed by atoms with Gasteiger partial charge in [-0.25, -0.2) is 9.98 Å². The zero-order chi connectivity index (χ0) is 14.0. The number of guanidine groups is 1. The molecule has 20 heavy (non-hydrogen) atoms. The molecule has 0 saturated heterocycles. The van der Waals surface area contributed by atoms with Crippen molar-refractivity contribution < 1.29 is 0 Å². The number of hydrogen-bond donors (Lipinski definition) is 2. The highest BCUT2D eigenvalue weighted by molar-refractivity contribution is 14.0. The Morgan fingerprint density at radius 1 is 1.35 bits per heavy atom. The number of rotatable bonds is 2. The molecule has 0 aliphatic rings. The second-order valence-corrected chi connectivity index (χ2v) is 5.78. The second-order valence-electron chi connectivity index (χ2n) is 5.78. The van der Waals surface area contributed by atoms with Gasteiger partial charge in [0.25, 0.3) is 0 Å². The van der Waals surface area contributed by atoms with E-state index < -0.39 is 0 Å². The van der Waals surface area contributed by atoms with Crippen LogP contribution in [-0.4, -0.2) is 20.9 Å². The van der Waals surface area contributed by atoms with E-state index in [1.54, 1.807) is 0 Å². The molecule has 0 spiro atoms. The molecule has 2 aromatic heterocycles. The topological polar surface area (TPSA) is 67.7 Å². The maximum Gasteiger partial charge on any atom is 0.189 e. The molecule has 6 heteroatoms. The molecule has 0 radical (unpaired) electrons. The van der Waals surface area contributed by atoms with E-state index in [1.165, 1.54) is 5.56 Å². The fourth-order valence-electron chi connectivity index (χ4n) is 1.82. The maximum atomic E-state index is 5.83. The Bertz CT molecular complexity index is 610. The van der Waals surface area contributed by atoms with Crippen molar-refractivity contribution in [2.45, 2.75) is 39.8 Å². The van der Waals surface area contributed by atoms with Crippen LogP contribution in [0.3, 0.4) is 0 Å². The third kappa shape index (κ3) is 4.66. The summed E-state index contributed by atoms with van der Waals surface area (Å²) >= 11 is 0. The molecule has 5 nitrogen and oxygen atoms in total. The highest BCUT2D eigenvalue weighted by atomic mass is 127. The minimum absolute atomic E-state index is 0. The SMILES string of the molecule is Cc1ccc2nc(CN=C(N)NC(C)(C)C)cn2c1.I. The molecule has 0 aliphatic carbocycles. The first-order valence-corrected chi connectivity index (χ1v) is 6.36. The molecule has 110 valence electrons. The summed E-state index contributed by atoms with van der Waals surface area (Å²) in [6.07, 6.45) is 4.03. The summed E-state index contributed by atoms with van der Waals surface area (Å²) < 4.78 is 2.01. The zero-order valence-corrected chi connectivity index (χ0v) is 14.7. The number of fused-ring (bicyclic) bond motifs is 1. The number of nitrogens with zero attached hydrogens (tertiary/aromatic N) is 3. The molecule has 0 unspecified atom stereocenters. The van der Waals surface area contributed by atoms with E-state index >= 15 is 0 Å². The van der Waals surface area contributed by atoms with E-state index in [0.717, 1.165) is 11.3 Å². The zero-order valence-electron chi connectivity index (χ0n) is 12.3. The van der Waals surface area contributed by atoms with Crippen LogP contribution >= 0.6 is 24.0 Å². The Balaban J connectivity index is 0.00000200. The number of aliphatic imine (C=N–C) groups is 1. The number of pyridine rings is 1. The van der Waals surface area contributed by atoms with Crippen molar-refractivity contribution in [1.29, 1.82) is 0 Å². The minimum atomic E-state index is -0.0798. The molecule has 3 N–H and O–H groups in total. The van der Waals surface area contributed by atoms with E-state index in [0.29, 0.717) is 12.5 Å². The van der Waals surface area contributed by atoms with Crippen LogP contribution in [0.4, 0.5) is 0 Å². The second kappa shape index (κ2) is 6.43. The van der Waals surface area contributed by atoms with Crippen LogP contribution in [-0.2, 0) is 6.54 Å². The van der Waals surface area contributed by atoms with Crippen molar-refractivity contribution in [2.24, 2.45) is 10.7 Å². The van der Waals surface area contributed by atoms with Crippen LogP contribution in [0.25, 0.3) is 5.65 Å². The van der Waals surface area contributed by atoms with Gasteiger partial charge in [0, 0.05) is 17.9 Å². The van der Waals surface area contributed by atoms with Crippen LogP contribution in [0.1, 0.15) is 32.0 Å². The number of imidazole rings is 1. The number of nitrogens with two attached hydrogens (primary N) is 1. The molecule has 0 bridgehead atoms. The van der Waals surface area contributed by atoms with Gasteiger partial charge in [0.2, 0.25) is 0 Å². The fourth-order valence-corrected chi connectivity index (χ4v) is 1.82. The predicted molar refractivity (Wildman–Crippen MR) is 93.6 cm³/mol. The van der Waals surface area contributed by atoms with Crippen molar-refractivity contribution in [1.82, 2.24) is 14.7 Å². The van der Waals surface area contributed by atoms with Crippen LogP contribution in [0.5, 0.6) is 0 Å². The van der Waals surface area contributed by atoms with Gasteiger partial charge < -0.3 is 15.5 Å². The number of hydrogen-bond acceptors (Lipinski definition) is 2. The van der Waals surface area contributed by atoms with E-state index in [2.05, 4.69) is 22.2 Å². The molecule has 2 heterocycles. The maximum absolute atomic E-state index is 5.83. The monoisotopic (exact) mass is 387 g/mol. The van der Waals surface area contributed by atoms with Crippen molar-refractivity contribution in [3.63, 3.8) is 0 Å². The number of aryl methyl sites for hydroxylation is 1. The number of nitrogens with one attached hydrogen (secondary N) is 1. The average molecular weight is 387 g/mol. The van der Waals surface area contributed by atoms with Crippen LogP contribution in [0.2, 0.25) is 0 Å². The molecule has 2 rings (SSSR count). The molecule has 2 aromatic rings. The first-order valence-electron chi connectivity index (χ1n) is 6.36. The smallest absolute Gasteiger partial charge is 0.189 e. The van der Waals surface area contributed by atoms with E-state index in [1.807, 2.05) is 49.7 Å². The molecule has 0 amide bonds. The van der Waals surface area contributed by atoms with Gasteiger partial charge >= 0.3 is 0 Å². The van der Waals surface area contributed by atoms with Crippen LogP contribution in [0, 0.1) is 6.92 Å². The molecule has 0 aliphatic heterocycles. The Hall–Kier alpha value is -1.31. The number of aromatic nitrogens is 2. The van der Waals surface area contributed by atoms with Crippen molar-refractivity contribution in [3.8, 4) is 0 Å². The standard InChI is InChI=1S/C14H21N5.HI/c1-10-5-6-12-17-11(9-19(12)8-10)7-16-13(15)18-14(2,3)4;/h5-6,8-9H,7H2,1-4H3,(H3,15,16,18);1H. The van der Waals surface area contributed by atoms with Gasteiger partial charge in [-0.2, -0.15) is 0 Å². The van der Waals surface area contributed by atoms with Gasteiger partial charge in [0.15, 0.2) is 5.96 Å². The summed E-state index contributed by atoms with van der Waals surface area (Å²) in [5, 5.41) is 3.13. The molecule has 0 atom stereocenters. The van der Waals surface area contributed by atoms with Gasteiger partial charge in [-0.05, 0) is 39.3 Å². The molecular weight excluding hydrogens is 365 g/mol. The van der Waals surface area contributed by atoms with Crippen LogP contribution in [0.15, 0.2) is 29.5 Å². The minimum Gasteiger partial charge on any atom is -0.370 e. The third-order valence-electron chi connectivity index (χ3n) is 2.56. The molecule has 0 saturated carbocycles. The van der Waals surface area contributed by atoms with E-state index in [9.17, 15) is 0 Å². The highest BCUT2D eigenvalue weighted by Crippen LogP contribution is 2.08. The molecule has 0 fully saturated rings. The summed E-state index contributed by atoms with van der Waals surface area (Å²) in [6, 6.07) is 4.05. The summed E-state index contributed by atoms with van der Waals surface area (Å²) in [6.45, 7) is 8.67. The first kappa shape index (κ1) is 16.7. The van der Waals surface area contributed by atoms with Gasteiger partial charge in [-0.1, -0.05) is 6.07 Å². The quantitative estimate of drug-likeness (QED) is 0.473. The van der Waals surface area contributed by atoms with Crippen molar-refractivity contribution in [3.05, 3.63) is 35.8 Å². The highest BCUT2D eigenvalue weighted by Gasteiger charge is 2.09. The molecule has 0 aromatic carbocycles. The predicted octanol–water partition coefficient (Wildman–Crippen LogP) is 2.46. The van der Waals surface area contributed by atoms with E-state index in [-0.39, 0.29) is 29.5 Å². The van der Waals surface area contributed by atoms with Crippen molar-refractivity contribution >= 4 is 35.6 Å². The Morgan fingerprint density at radius 2 is 2.05 bits per heavy atom. The van der Waals surface area contributed by atoms with E-state index in [4.69, 9.17) is 5.73 Å². The normalized spacial score (nSPS) is 12.3. The lowest BCUT2D eigenvalue weighted by atomic mass is 10.1. The Morgan fingerprint density at radius 3 is 2.70 bits per heavy atom. The van der Waals surface area contributed by atoms with Crippen LogP contribution < -0.4 is 11.1 Å². The van der Waals surface area contributed by atoms with Gasteiger partial charge in [0.05, 0.1) is 12.2 Å². The van der Waals surface area contributed by atoms with Crippen molar-refractivity contribution in [2.75, 3.05) is 0 Å². The largest absolute Gasteiger partial charge is 0.370 e. The lowest BCUT2D eigenvalue weighted by Gasteiger charge is -2.20. The van der Waals surface area contributed by atoms with Gasteiger partial charge in [-0.3, -0.25) is 0 Å². The molecular formula is C14H22IN5. The summed E-state index contributed by atoms with van der Waals surface area (Å²) in [5.41, 5.74) is 8.79. The average Bonchev–Trinajstić information content (AvgIpc) is 2.66. The lowest BCUT2D eigenvalue weighted by molar-refractivity contribution is 0.508. The summed E-state index contributed by atoms with van der Waals surface area (Å²) in [5.74, 6) is 0.445. The fraction of sp³-hybridized carbons (Fsp3) is 0.429. The Labute approximate surface area is 136 Å². The third-order valence-corrected chi connectivity index (χ3v) is 2.56. The van der Waals surface area contributed by atoms with Gasteiger partial charge in [0.1, 0.15) is 5.65 Å². The summed E-state index contributed by atoms with van der Waals surface area (Å²) in [4.78, 5) is 8.80. The number of halogens is 1. The van der Waals surface area contributed by atoms with Gasteiger partial charge in [-0.15, -0.1) is 24.0 Å². The Kier molecular flexibility index (Phi) is 5.38.